The van der Waals surface area contributed by atoms with E-state index in [4.69, 9.17) is 4.74 Å². The summed E-state index contributed by atoms with van der Waals surface area (Å²) in [5, 5.41) is 10.2. The Morgan fingerprint density at radius 2 is 1.87 bits per heavy atom. The number of benzene rings is 2. The van der Waals surface area contributed by atoms with Crippen LogP contribution in [0.4, 0.5) is 0 Å². The average molecular weight is 311 g/mol. The molecule has 1 aliphatic carbocycles. The van der Waals surface area contributed by atoms with Crippen LogP contribution in [0.2, 0.25) is 0 Å². The van der Waals surface area contributed by atoms with Crippen molar-refractivity contribution in [2.75, 3.05) is 20.2 Å². The van der Waals surface area contributed by atoms with Gasteiger partial charge in [-0.1, -0.05) is 36.4 Å². The summed E-state index contributed by atoms with van der Waals surface area (Å²) in [6.45, 7) is 1.76. The summed E-state index contributed by atoms with van der Waals surface area (Å²) in [6.07, 6.45) is 3.08. The Kier molecular flexibility index (Phi) is 5.31. The molecule has 0 saturated carbocycles. The van der Waals surface area contributed by atoms with Crippen LogP contribution >= 0.6 is 0 Å². The van der Waals surface area contributed by atoms with Crippen molar-refractivity contribution >= 4 is 0 Å². The summed E-state index contributed by atoms with van der Waals surface area (Å²) < 4.78 is 5.77. The smallest absolute Gasteiger partial charge is 0.119 e. The van der Waals surface area contributed by atoms with E-state index in [9.17, 15) is 5.11 Å². The normalized spacial score (nSPS) is 14.7. The molecule has 0 heterocycles. The molecule has 0 spiro atoms. The molecule has 0 amide bonds. The van der Waals surface area contributed by atoms with Gasteiger partial charge in [-0.05, 0) is 55.1 Å². The summed E-state index contributed by atoms with van der Waals surface area (Å²) in [5.41, 5.74) is 4.10. The Morgan fingerprint density at radius 3 is 2.70 bits per heavy atom. The number of hydrogen-bond acceptors (Lipinski definition) is 3. The van der Waals surface area contributed by atoms with Crippen LogP contribution in [0.25, 0.3) is 0 Å². The van der Waals surface area contributed by atoms with E-state index >= 15 is 0 Å². The third kappa shape index (κ3) is 4.57. The zero-order chi connectivity index (χ0) is 16.1. The standard InChI is InChI=1S/C20H25NO2/c1-21(13-16-6-3-2-4-7-16)14-19(22)15-23-20-11-10-17-8-5-9-18(17)12-20/h2-4,6-7,10-12,19,22H,5,8-9,13-15H2,1H3/t19-/m1/s1. The van der Waals surface area contributed by atoms with Gasteiger partial charge in [0, 0.05) is 13.1 Å². The zero-order valence-electron chi connectivity index (χ0n) is 13.7. The number of aliphatic hydroxyl groups excluding tert-OH is 1. The third-order valence-electron chi connectivity index (χ3n) is 4.33. The molecule has 0 bridgehead atoms. The molecule has 23 heavy (non-hydrogen) atoms. The fourth-order valence-electron chi connectivity index (χ4n) is 3.20. The van der Waals surface area contributed by atoms with Gasteiger partial charge in [-0.15, -0.1) is 0 Å². The van der Waals surface area contributed by atoms with E-state index < -0.39 is 6.10 Å². The predicted molar refractivity (Wildman–Crippen MR) is 92.7 cm³/mol. The van der Waals surface area contributed by atoms with Crippen LogP contribution in [0.5, 0.6) is 5.75 Å². The third-order valence-corrected chi connectivity index (χ3v) is 4.33. The molecule has 3 nitrogen and oxygen atoms in total. The van der Waals surface area contributed by atoms with Gasteiger partial charge in [-0.3, -0.25) is 4.90 Å². The van der Waals surface area contributed by atoms with Crippen molar-refractivity contribution in [2.45, 2.75) is 31.9 Å². The number of aryl methyl sites for hydroxylation is 2. The molecule has 2 aromatic carbocycles. The van der Waals surface area contributed by atoms with Gasteiger partial charge in [-0.2, -0.15) is 0 Å². The summed E-state index contributed by atoms with van der Waals surface area (Å²) in [5.74, 6) is 0.871. The number of fused-ring (bicyclic) bond motifs is 1. The number of aliphatic hydroxyl groups is 1. The number of rotatable bonds is 7. The van der Waals surface area contributed by atoms with Crippen molar-refractivity contribution in [2.24, 2.45) is 0 Å². The monoisotopic (exact) mass is 311 g/mol. The van der Waals surface area contributed by atoms with Crippen LogP contribution in [0, 0.1) is 0 Å². The fraction of sp³-hybridized carbons (Fsp3) is 0.400. The van der Waals surface area contributed by atoms with Crippen molar-refractivity contribution in [3.8, 4) is 5.75 Å². The van der Waals surface area contributed by atoms with Gasteiger partial charge in [0.05, 0.1) is 0 Å². The number of hydrogen-bond donors (Lipinski definition) is 1. The van der Waals surface area contributed by atoms with Crippen molar-refractivity contribution in [1.29, 1.82) is 0 Å². The highest BCUT2D eigenvalue weighted by molar-refractivity contribution is 5.38. The predicted octanol–water partition coefficient (Wildman–Crippen LogP) is 3.05. The van der Waals surface area contributed by atoms with Gasteiger partial charge < -0.3 is 9.84 Å². The highest BCUT2D eigenvalue weighted by Gasteiger charge is 2.13. The first-order valence-electron chi connectivity index (χ1n) is 8.36. The van der Waals surface area contributed by atoms with E-state index in [1.165, 1.54) is 29.5 Å². The van der Waals surface area contributed by atoms with E-state index in [1.807, 2.05) is 31.3 Å². The first-order chi connectivity index (χ1) is 11.2. The molecule has 0 saturated heterocycles. The zero-order valence-corrected chi connectivity index (χ0v) is 13.7. The van der Waals surface area contributed by atoms with E-state index in [-0.39, 0.29) is 0 Å². The van der Waals surface area contributed by atoms with Gasteiger partial charge in [0.1, 0.15) is 18.5 Å². The summed E-state index contributed by atoms with van der Waals surface area (Å²) in [7, 11) is 2.02. The molecule has 3 heteroatoms. The van der Waals surface area contributed by atoms with Crippen LogP contribution in [-0.2, 0) is 19.4 Å². The molecule has 0 fully saturated rings. The quantitative estimate of drug-likeness (QED) is 0.853. The van der Waals surface area contributed by atoms with E-state index in [1.54, 1.807) is 0 Å². The van der Waals surface area contributed by atoms with Crippen LogP contribution in [0.3, 0.4) is 0 Å². The highest BCUT2D eigenvalue weighted by atomic mass is 16.5. The average Bonchev–Trinajstić information content (AvgIpc) is 3.01. The molecule has 0 aromatic heterocycles. The number of nitrogens with zero attached hydrogens (tertiary/aromatic N) is 1. The molecular formula is C20H25NO2. The largest absolute Gasteiger partial charge is 0.491 e. The Morgan fingerprint density at radius 1 is 1.09 bits per heavy atom. The van der Waals surface area contributed by atoms with Crippen LogP contribution in [-0.4, -0.2) is 36.3 Å². The van der Waals surface area contributed by atoms with Crippen molar-refractivity contribution in [3.63, 3.8) is 0 Å². The Bertz CT molecular complexity index is 627. The molecule has 1 aliphatic rings. The molecule has 2 aromatic rings. The lowest BCUT2D eigenvalue weighted by molar-refractivity contribution is 0.0743. The van der Waals surface area contributed by atoms with Gasteiger partial charge in [0.2, 0.25) is 0 Å². The number of ether oxygens (including phenoxy) is 1. The molecule has 1 atom stereocenters. The van der Waals surface area contributed by atoms with Gasteiger partial charge in [-0.25, -0.2) is 0 Å². The van der Waals surface area contributed by atoms with E-state index in [0.717, 1.165) is 18.7 Å². The van der Waals surface area contributed by atoms with Crippen LogP contribution in [0.15, 0.2) is 48.5 Å². The minimum atomic E-state index is -0.489. The maximum atomic E-state index is 10.2. The molecule has 122 valence electrons. The SMILES string of the molecule is CN(Cc1ccccc1)C[C@@H](O)COc1ccc2c(c1)CCC2. The topological polar surface area (TPSA) is 32.7 Å². The molecule has 1 N–H and O–H groups in total. The second kappa shape index (κ2) is 7.62. The first-order valence-corrected chi connectivity index (χ1v) is 8.36. The second-order valence-corrected chi connectivity index (χ2v) is 6.43. The lowest BCUT2D eigenvalue weighted by Gasteiger charge is -2.21. The lowest BCUT2D eigenvalue weighted by atomic mass is 10.1. The Balaban J connectivity index is 1.45. The van der Waals surface area contributed by atoms with Crippen molar-refractivity contribution in [3.05, 3.63) is 65.2 Å². The lowest BCUT2D eigenvalue weighted by Crippen LogP contribution is -2.32. The maximum Gasteiger partial charge on any atom is 0.119 e. The molecule has 3 rings (SSSR count). The fourth-order valence-corrected chi connectivity index (χ4v) is 3.20. The van der Waals surface area contributed by atoms with Gasteiger partial charge in [0.15, 0.2) is 0 Å². The van der Waals surface area contributed by atoms with Crippen molar-refractivity contribution in [1.82, 2.24) is 4.90 Å². The Labute approximate surface area is 138 Å². The van der Waals surface area contributed by atoms with Crippen LogP contribution in [0.1, 0.15) is 23.1 Å². The van der Waals surface area contributed by atoms with E-state index in [0.29, 0.717) is 13.2 Å². The molecule has 0 aliphatic heterocycles. The van der Waals surface area contributed by atoms with Gasteiger partial charge in [0.25, 0.3) is 0 Å². The Hall–Kier alpha value is -1.84. The first kappa shape index (κ1) is 16.0. The van der Waals surface area contributed by atoms with Gasteiger partial charge >= 0.3 is 0 Å². The number of likely N-dealkylation sites (N-methyl/N-ethyl adjacent to an activating group) is 1. The summed E-state index contributed by atoms with van der Waals surface area (Å²) >= 11 is 0. The van der Waals surface area contributed by atoms with Crippen molar-refractivity contribution < 1.29 is 9.84 Å². The highest BCUT2D eigenvalue weighted by Crippen LogP contribution is 2.26. The maximum absolute atomic E-state index is 10.2. The second-order valence-electron chi connectivity index (χ2n) is 6.43. The minimum absolute atomic E-state index is 0.331. The minimum Gasteiger partial charge on any atom is -0.491 e. The molecule has 0 unspecified atom stereocenters. The van der Waals surface area contributed by atoms with Crippen LogP contribution < -0.4 is 4.74 Å². The molecular weight excluding hydrogens is 286 g/mol. The molecule has 0 radical (unpaired) electrons. The summed E-state index contributed by atoms with van der Waals surface area (Å²) in [4.78, 5) is 2.12. The summed E-state index contributed by atoms with van der Waals surface area (Å²) in [6, 6.07) is 16.6. The van der Waals surface area contributed by atoms with E-state index in [2.05, 4.69) is 29.2 Å².